The minimum absolute atomic E-state index is 0.0425. The fourth-order valence-electron chi connectivity index (χ4n) is 2.70. The van der Waals surface area contributed by atoms with Crippen molar-refractivity contribution >= 4 is 5.57 Å². The number of aromatic amines is 1. The summed E-state index contributed by atoms with van der Waals surface area (Å²) in [5, 5.41) is 19.6. The van der Waals surface area contributed by atoms with Crippen LogP contribution in [-0.2, 0) is 6.61 Å². The fraction of sp³-hybridized carbons (Fsp3) is 0.222. The van der Waals surface area contributed by atoms with Gasteiger partial charge in [-0.2, -0.15) is 0 Å². The van der Waals surface area contributed by atoms with E-state index >= 15 is 0 Å². The molecule has 4 heteroatoms. The molecular weight excluding hydrogens is 276 g/mol. The second-order valence-corrected chi connectivity index (χ2v) is 5.34. The zero-order valence-corrected chi connectivity index (χ0v) is 12.5. The summed E-state index contributed by atoms with van der Waals surface area (Å²) in [6.45, 7) is 2.66. The third-order valence-corrected chi connectivity index (χ3v) is 3.94. The topological polar surface area (TPSA) is 59.5 Å². The highest BCUT2D eigenvalue weighted by Crippen LogP contribution is 2.36. The molecule has 0 spiro atoms. The SMILES string of the molecule is C/C=C/CN1C=C(c2ccc(CO)cc2)c2cc[nH]c2C1O. The van der Waals surface area contributed by atoms with E-state index in [1.165, 1.54) is 0 Å². The van der Waals surface area contributed by atoms with Gasteiger partial charge in [0.15, 0.2) is 6.23 Å². The highest BCUT2D eigenvalue weighted by molar-refractivity contribution is 5.82. The Bertz CT molecular complexity index is 698. The summed E-state index contributed by atoms with van der Waals surface area (Å²) in [5.41, 5.74) is 4.85. The molecule has 0 amide bonds. The van der Waals surface area contributed by atoms with Gasteiger partial charge in [-0.05, 0) is 24.1 Å². The molecule has 1 aromatic heterocycles. The van der Waals surface area contributed by atoms with E-state index in [-0.39, 0.29) is 6.61 Å². The van der Waals surface area contributed by atoms with Crippen molar-refractivity contribution in [2.24, 2.45) is 0 Å². The molecule has 0 aliphatic carbocycles. The lowest BCUT2D eigenvalue weighted by Crippen LogP contribution is -2.28. The summed E-state index contributed by atoms with van der Waals surface area (Å²) >= 11 is 0. The lowest BCUT2D eigenvalue weighted by molar-refractivity contribution is 0.0388. The monoisotopic (exact) mass is 296 g/mol. The molecule has 4 nitrogen and oxygen atoms in total. The van der Waals surface area contributed by atoms with E-state index in [9.17, 15) is 5.11 Å². The molecular formula is C18H20N2O2. The van der Waals surface area contributed by atoms with Gasteiger partial charge in [-0.3, -0.25) is 0 Å². The number of H-pyrrole nitrogens is 1. The molecule has 1 aliphatic rings. The van der Waals surface area contributed by atoms with Crippen LogP contribution < -0.4 is 0 Å². The summed E-state index contributed by atoms with van der Waals surface area (Å²) in [5.74, 6) is 0. The summed E-state index contributed by atoms with van der Waals surface area (Å²) in [6, 6.07) is 9.82. The molecule has 22 heavy (non-hydrogen) atoms. The first kappa shape index (κ1) is 14.6. The number of rotatable bonds is 4. The van der Waals surface area contributed by atoms with Gasteiger partial charge in [0, 0.05) is 30.1 Å². The molecule has 2 aromatic rings. The Morgan fingerprint density at radius 1 is 1.23 bits per heavy atom. The third kappa shape index (κ3) is 2.58. The Kier molecular flexibility index (Phi) is 4.13. The average molecular weight is 296 g/mol. The smallest absolute Gasteiger partial charge is 0.168 e. The van der Waals surface area contributed by atoms with E-state index in [2.05, 4.69) is 4.98 Å². The van der Waals surface area contributed by atoms with Crippen molar-refractivity contribution in [3.05, 3.63) is 77.3 Å². The Morgan fingerprint density at radius 2 is 2.00 bits per heavy atom. The number of nitrogens with one attached hydrogen (secondary N) is 1. The van der Waals surface area contributed by atoms with E-state index in [4.69, 9.17) is 5.11 Å². The van der Waals surface area contributed by atoms with E-state index in [0.717, 1.165) is 28.0 Å². The Labute approximate surface area is 130 Å². The van der Waals surface area contributed by atoms with E-state index < -0.39 is 6.23 Å². The molecule has 1 aliphatic heterocycles. The van der Waals surface area contributed by atoms with Crippen LogP contribution in [0.4, 0.5) is 0 Å². The highest BCUT2D eigenvalue weighted by Gasteiger charge is 2.26. The molecule has 2 heterocycles. The molecule has 0 saturated carbocycles. The third-order valence-electron chi connectivity index (χ3n) is 3.94. The maximum Gasteiger partial charge on any atom is 0.168 e. The van der Waals surface area contributed by atoms with Gasteiger partial charge in [0.05, 0.1) is 12.3 Å². The van der Waals surface area contributed by atoms with E-state index in [1.54, 1.807) is 0 Å². The molecule has 3 rings (SSSR count). The van der Waals surface area contributed by atoms with Gasteiger partial charge in [-0.1, -0.05) is 36.4 Å². The lowest BCUT2D eigenvalue weighted by Gasteiger charge is -2.31. The number of nitrogens with zero attached hydrogens (tertiary/aromatic N) is 1. The quantitative estimate of drug-likeness (QED) is 0.760. The first-order chi connectivity index (χ1) is 10.7. The first-order valence-corrected chi connectivity index (χ1v) is 7.39. The maximum absolute atomic E-state index is 10.5. The van der Waals surface area contributed by atoms with Gasteiger partial charge < -0.3 is 20.1 Å². The number of aliphatic hydroxyl groups is 2. The zero-order chi connectivity index (χ0) is 15.5. The van der Waals surface area contributed by atoms with Crippen LogP contribution in [0, 0.1) is 0 Å². The number of allylic oxidation sites excluding steroid dienone is 1. The van der Waals surface area contributed by atoms with Crippen LogP contribution in [0.1, 0.15) is 35.5 Å². The minimum Gasteiger partial charge on any atom is -0.392 e. The molecule has 1 atom stereocenters. The minimum atomic E-state index is -0.665. The van der Waals surface area contributed by atoms with Crippen LogP contribution in [0.2, 0.25) is 0 Å². The van der Waals surface area contributed by atoms with E-state index in [0.29, 0.717) is 6.54 Å². The molecule has 3 N–H and O–H groups in total. The predicted octanol–water partition coefficient (Wildman–Crippen LogP) is 2.78. The summed E-state index contributed by atoms with van der Waals surface area (Å²) in [7, 11) is 0. The van der Waals surface area contributed by atoms with E-state index in [1.807, 2.05) is 66.7 Å². The molecule has 1 unspecified atom stereocenters. The maximum atomic E-state index is 10.5. The van der Waals surface area contributed by atoms with Gasteiger partial charge >= 0.3 is 0 Å². The van der Waals surface area contributed by atoms with Crippen LogP contribution in [0.5, 0.6) is 0 Å². The molecule has 0 bridgehead atoms. The second kappa shape index (κ2) is 6.22. The number of hydrogen-bond acceptors (Lipinski definition) is 3. The predicted molar refractivity (Wildman–Crippen MR) is 86.7 cm³/mol. The van der Waals surface area contributed by atoms with Gasteiger partial charge in [-0.15, -0.1) is 0 Å². The molecule has 1 aromatic carbocycles. The van der Waals surface area contributed by atoms with Crippen molar-refractivity contribution in [3.63, 3.8) is 0 Å². The number of fused-ring (bicyclic) bond motifs is 1. The molecule has 0 fully saturated rings. The van der Waals surface area contributed by atoms with Crippen molar-refractivity contribution in [1.29, 1.82) is 0 Å². The van der Waals surface area contributed by atoms with Gasteiger partial charge in [0.2, 0.25) is 0 Å². The summed E-state index contributed by atoms with van der Waals surface area (Å²) < 4.78 is 0. The van der Waals surface area contributed by atoms with Crippen molar-refractivity contribution < 1.29 is 10.2 Å². The normalized spacial score (nSPS) is 17.7. The number of aliphatic hydroxyl groups excluding tert-OH is 2. The van der Waals surface area contributed by atoms with Crippen LogP contribution in [-0.4, -0.2) is 26.6 Å². The van der Waals surface area contributed by atoms with Crippen LogP contribution in [0.15, 0.2) is 54.9 Å². The van der Waals surface area contributed by atoms with Crippen LogP contribution in [0.3, 0.4) is 0 Å². The number of benzene rings is 1. The van der Waals surface area contributed by atoms with Gasteiger partial charge in [0.25, 0.3) is 0 Å². The Balaban J connectivity index is 2.02. The summed E-state index contributed by atoms with van der Waals surface area (Å²) in [6.07, 6.45) is 7.17. The lowest BCUT2D eigenvalue weighted by atomic mass is 9.95. The Hall–Kier alpha value is -2.30. The largest absolute Gasteiger partial charge is 0.392 e. The molecule has 0 saturated heterocycles. The molecule has 0 radical (unpaired) electrons. The zero-order valence-electron chi connectivity index (χ0n) is 12.5. The standard InChI is InChI=1S/C18H20N2O2/c1-2-3-10-20-11-16(14-6-4-13(12-21)5-7-14)15-8-9-19-17(15)18(20)22/h2-9,11,18-19,21-22H,10,12H2,1H3/b3-2+. The number of aromatic nitrogens is 1. The number of hydrogen-bond donors (Lipinski definition) is 3. The molecule has 114 valence electrons. The van der Waals surface area contributed by atoms with Crippen LogP contribution in [0.25, 0.3) is 5.57 Å². The fourth-order valence-corrected chi connectivity index (χ4v) is 2.70. The van der Waals surface area contributed by atoms with Crippen molar-refractivity contribution in [2.45, 2.75) is 19.8 Å². The first-order valence-electron chi connectivity index (χ1n) is 7.39. The van der Waals surface area contributed by atoms with Crippen molar-refractivity contribution in [2.75, 3.05) is 6.54 Å². The highest BCUT2D eigenvalue weighted by atomic mass is 16.3. The van der Waals surface area contributed by atoms with Gasteiger partial charge in [-0.25, -0.2) is 0 Å². The Morgan fingerprint density at radius 3 is 2.68 bits per heavy atom. The second-order valence-electron chi connectivity index (χ2n) is 5.34. The van der Waals surface area contributed by atoms with Crippen LogP contribution >= 0.6 is 0 Å². The summed E-state index contributed by atoms with van der Waals surface area (Å²) in [4.78, 5) is 5.04. The average Bonchev–Trinajstić information content (AvgIpc) is 3.05. The van der Waals surface area contributed by atoms with Crippen molar-refractivity contribution in [3.8, 4) is 0 Å². The van der Waals surface area contributed by atoms with Gasteiger partial charge in [0.1, 0.15) is 0 Å². The van der Waals surface area contributed by atoms with Crippen molar-refractivity contribution in [1.82, 2.24) is 9.88 Å².